The summed E-state index contributed by atoms with van der Waals surface area (Å²) in [4.78, 5) is 15.1. The molecule has 1 aromatic carbocycles. The molecule has 0 spiro atoms. The highest BCUT2D eigenvalue weighted by molar-refractivity contribution is 5.75. The topological polar surface area (TPSA) is 59.4 Å². The van der Waals surface area contributed by atoms with Crippen LogP contribution < -0.4 is 10.1 Å². The van der Waals surface area contributed by atoms with Gasteiger partial charge in [-0.3, -0.25) is 4.68 Å². The zero-order valence-corrected chi connectivity index (χ0v) is 16.7. The van der Waals surface area contributed by atoms with Crippen molar-refractivity contribution in [2.45, 2.75) is 51.6 Å². The van der Waals surface area contributed by atoms with Gasteiger partial charge >= 0.3 is 6.03 Å². The van der Waals surface area contributed by atoms with Crippen LogP contribution in [0.15, 0.2) is 30.5 Å². The second kappa shape index (κ2) is 8.46. The average Bonchev–Trinajstić information content (AvgIpc) is 2.88. The summed E-state index contributed by atoms with van der Waals surface area (Å²) in [6, 6.07) is 8.10. The Morgan fingerprint density at radius 1 is 1.26 bits per heavy atom. The third-order valence-electron chi connectivity index (χ3n) is 5.59. The number of rotatable bonds is 4. The molecule has 0 unspecified atom stereocenters. The van der Waals surface area contributed by atoms with Gasteiger partial charge in [0.15, 0.2) is 0 Å². The van der Waals surface area contributed by atoms with Crippen molar-refractivity contribution in [2.75, 3.05) is 13.7 Å². The Balaban J connectivity index is 1.77. The van der Waals surface area contributed by atoms with Crippen LogP contribution in [-0.2, 0) is 7.05 Å². The number of benzene rings is 1. The highest BCUT2D eigenvalue weighted by Gasteiger charge is 2.28. The SMILES string of the molecule is COc1ccc([C@H]2CCCCCN2C(=O)N[C@H](C)c2cnn(C)c2C)cc1. The van der Waals surface area contributed by atoms with Crippen molar-refractivity contribution in [1.82, 2.24) is 20.0 Å². The molecule has 2 heterocycles. The number of amides is 2. The van der Waals surface area contributed by atoms with E-state index in [1.165, 1.54) is 0 Å². The van der Waals surface area contributed by atoms with Gasteiger partial charge in [0, 0.05) is 24.8 Å². The summed E-state index contributed by atoms with van der Waals surface area (Å²) >= 11 is 0. The van der Waals surface area contributed by atoms with Gasteiger partial charge in [-0.2, -0.15) is 5.10 Å². The number of ether oxygens (including phenoxy) is 1. The van der Waals surface area contributed by atoms with Crippen LogP contribution in [-0.4, -0.2) is 34.4 Å². The molecule has 6 nitrogen and oxygen atoms in total. The van der Waals surface area contributed by atoms with E-state index in [1.807, 2.05) is 48.8 Å². The van der Waals surface area contributed by atoms with E-state index >= 15 is 0 Å². The first-order valence-electron chi connectivity index (χ1n) is 9.71. The second-order valence-electron chi connectivity index (χ2n) is 7.31. The predicted molar refractivity (Wildman–Crippen MR) is 106 cm³/mol. The number of urea groups is 1. The van der Waals surface area contributed by atoms with Crippen molar-refractivity contribution < 1.29 is 9.53 Å². The van der Waals surface area contributed by atoms with Gasteiger partial charge in [-0.15, -0.1) is 0 Å². The maximum absolute atomic E-state index is 13.1. The number of hydrogen-bond acceptors (Lipinski definition) is 3. The van der Waals surface area contributed by atoms with Crippen molar-refractivity contribution in [3.8, 4) is 5.75 Å². The minimum Gasteiger partial charge on any atom is -0.497 e. The van der Waals surface area contributed by atoms with Gasteiger partial charge in [0.1, 0.15) is 5.75 Å². The van der Waals surface area contributed by atoms with Crippen LogP contribution >= 0.6 is 0 Å². The quantitative estimate of drug-likeness (QED) is 0.880. The molecule has 146 valence electrons. The molecule has 1 aromatic heterocycles. The Morgan fingerprint density at radius 3 is 2.63 bits per heavy atom. The van der Waals surface area contributed by atoms with E-state index in [0.29, 0.717) is 0 Å². The van der Waals surface area contributed by atoms with Crippen molar-refractivity contribution in [3.05, 3.63) is 47.3 Å². The lowest BCUT2D eigenvalue weighted by atomic mass is 10.0. The van der Waals surface area contributed by atoms with Gasteiger partial charge in [0.2, 0.25) is 0 Å². The molecule has 0 saturated carbocycles. The summed E-state index contributed by atoms with van der Waals surface area (Å²) in [6.45, 7) is 4.82. The van der Waals surface area contributed by atoms with E-state index in [2.05, 4.69) is 22.5 Å². The Labute approximate surface area is 161 Å². The molecule has 1 aliphatic rings. The summed E-state index contributed by atoms with van der Waals surface area (Å²) in [5.41, 5.74) is 3.30. The van der Waals surface area contributed by atoms with Crippen LogP contribution in [0, 0.1) is 6.92 Å². The monoisotopic (exact) mass is 370 g/mol. The van der Waals surface area contributed by atoms with Crippen molar-refractivity contribution in [2.24, 2.45) is 7.05 Å². The highest BCUT2D eigenvalue weighted by Crippen LogP contribution is 2.31. The van der Waals surface area contributed by atoms with Crippen LogP contribution in [0.5, 0.6) is 5.75 Å². The largest absolute Gasteiger partial charge is 0.497 e. The van der Waals surface area contributed by atoms with Crippen LogP contribution in [0.4, 0.5) is 4.79 Å². The number of nitrogens with zero attached hydrogens (tertiary/aromatic N) is 3. The van der Waals surface area contributed by atoms with Gasteiger partial charge in [-0.25, -0.2) is 4.79 Å². The number of aryl methyl sites for hydroxylation is 1. The normalized spacial score (nSPS) is 18.7. The summed E-state index contributed by atoms with van der Waals surface area (Å²) in [5.74, 6) is 0.837. The fourth-order valence-corrected chi connectivity index (χ4v) is 3.81. The first-order chi connectivity index (χ1) is 13.0. The highest BCUT2D eigenvalue weighted by atomic mass is 16.5. The minimum absolute atomic E-state index is 0.00605. The second-order valence-corrected chi connectivity index (χ2v) is 7.31. The maximum Gasteiger partial charge on any atom is 0.318 e. The number of hydrogen-bond donors (Lipinski definition) is 1. The minimum atomic E-state index is -0.0778. The lowest BCUT2D eigenvalue weighted by Gasteiger charge is -2.32. The lowest BCUT2D eigenvalue weighted by Crippen LogP contribution is -2.43. The molecule has 1 N–H and O–H groups in total. The zero-order chi connectivity index (χ0) is 19.4. The molecule has 1 aliphatic heterocycles. The summed E-state index contributed by atoms with van der Waals surface area (Å²) < 4.78 is 7.11. The van der Waals surface area contributed by atoms with Gasteiger partial charge in [-0.1, -0.05) is 25.0 Å². The molecule has 0 bridgehead atoms. The van der Waals surface area contributed by atoms with Crippen molar-refractivity contribution >= 4 is 6.03 Å². The standard InChI is InChI=1S/C21H30N4O2/c1-15(19-14-22-24(3)16(19)2)23-21(26)25-13-7-5-6-8-20(25)17-9-11-18(27-4)12-10-17/h9-12,14-15,20H,5-8,13H2,1-4H3,(H,23,26)/t15-,20-/m1/s1. The first-order valence-corrected chi connectivity index (χ1v) is 9.71. The van der Waals surface area contributed by atoms with Gasteiger partial charge < -0.3 is 15.0 Å². The molecule has 27 heavy (non-hydrogen) atoms. The third kappa shape index (κ3) is 4.26. The molecular weight excluding hydrogens is 340 g/mol. The number of nitrogens with one attached hydrogen (secondary N) is 1. The van der Waals surface area contributed by atoms with E-state index in [0.717, 1.165) is 54.8 Å². The summed E-state index contributed by atoms with van der Waals surface area (Å²) in [6.07, 6.45) is 6.16. The molecule has 0 aliphatic carbocycles. The van der Waals surface area contributed by atoms with Crippen molar-refractivity contribution in [3.63, 3.8) is 0 Å². The fourth-order valence-electron chi connectivity index (χ4n) is 3.81. The zero-order valence-electron chi connectivity index (χ0n) is 16.7. The Hall–Kier alpha value is -2.50. The lowest BCUT2D eigenvalue weighted by molar-refractivity contribution is 0.172. The first kappa shape index (κ1) is 19.3. The number of carbonyl (C=O) groups excluding carboxylic acids is 1. The molecule has 1 fully saturated rings. The number of methoxy groups -OCH3 is 1. The van der Waals surface area contributed by atoms with Crippen LogP contribution in [0.1, 0.15) is 61.5 Å². The predicted octanol–water partition coefficient (Wildman–Crippen LogP) is 4.13. The van der Waals surface area contributed by atoms with E-state index in [1.54, 1.807) is 7.11 Å². The molecule has 6 heteroatoms. The van der Waals surface area contributed by atoms with Crippen LogP contribution in [0.2, 0.25) is 0 Å². The van der Waals surface area contributed by atoms with Gasteiger partial charge in [0.25, 0.3) is 0 Å². The Kier molecular flexibility index (Phi) is 6.04. The molecule has 0 radical (unpaired) electrons. The molecule has 2 amide bonds. The van der Waals surface area contributed by atoms with Crippen molar-refractivity contribution in [1.29, 1.82) is 0 Å². The summed E-state index contributed by atoms with van der Waals surface area (Å²) in [7, 11) is 3.59. The molecule has 3 rings (SSSR count). The Bertz CT molecular complexity index is 769. The van der Waals surface area contributed by atoms with E-state index in [4.69, 9.17) is 4.74 Å². The molecule has 2 aromatic rings. The fraction of sp³-hybridized carbons (Fsp3) is 0.524. The van der Waals surface area contributed by atoms with E-state index in [9.17, 15) is 4.79 Å². The average molecular weight is 370 g/mol. The number of likely N-dealkylation sites (tertiary alicyclic amines) is 1. The Morgan fingerprint density at radius 2 is 2.00 bits per heavy atom. The number of carbonyl (C=O) groups is 1. The van der Waals surface area contributed by atoms with Crippen LogP contribution in [0.25, 0.3) is 0 Å². The van der Waals surface area contributed by atoms with Gasteiger partial charge in [-0.05, 0) is 44.4 Å². The van der Waals surface area contributed by atoms with Crippen LogP contribution in [0.3, 0.4) is 0 Å². The van der Waals surface area contributed by atoms with E-state index < -0.39 is 0 Å². The third-order valence-corrected chi connectivity index (χ3v) is 5.59. The number of aromatic nitrogens is 2. The summed E-state index contributed by atoms with van der Waals surface area (Å²) in [5, 5.41) is 7.47. The molecule has 2 atom stereocenters. The smallest absolute Gasteiger partial charge is 0.318 e. The van der Waals surface area contributed by atoms with Gasteiger partial charge in [0.05, 0.1) is 25.4 Å². The molecule has 1 saturated heterocycles. The van der Waals surface area contributed by atoms with E-state index in [-0.39, 0.29) is 18.1 Å². The maximum atomic E-state index is 13.1. The molecular formula is C21H30N4O2.